The van der Waals surface area contributed by atoms with Crippen LogP contribution in [0.4, 0.5) is 0 Å². The van der Waals surface area contributed by atoms with Crippen molar-refractivity contribution in [3.63, 3.8) is 0 Å². The molecule has 2 atom stereocenters. The van der Waals surface area contributed by atoms with E-state index in [-0.39, 0.29) is 28.0 Å². The van der Waals surface area contributed by atoms with Crippen molar-refractivity contribution in [3.8, 4) is 0 Å². The lowest BCUT2D eigenvalue weighted by atomic mass is 9.94. The van der Waals surface area contributed by atoms with Gasteiger partial charge >= 0.3 is 0 Å². The van der Waals surface area contributed by atoms with Gasteiger partial charge in [0.25, 0.3) is 0 Å². The molecule has 0 aromatic carbocycles. The molecule has 96 valence electrons. The van der Waals surface area contributed by atoms with Crippen LogP contribution < -0.4 is 0 Å². The number of Topliss-reactive ketones (excluding diaryl/α,β-unsaturated/α-hetero) is 1. The summed E-state index contributed by atoms with van der Waals surface area (Å²) in [5.74, 6) is -0.128. The highest BCUT2D eigenvalue weighted by Crippen LogP contribution is 2.41. The molecule has 1 aromatic rings. The van der Waals surface area contributed by atoms with Crippen LogP contribution in [-0.2, 0) is 9.84 Å². The van der Waals surface area contributed by atoms with Crippen molar-refractivity contribution >= 4 is 15.6 Å². The minimum Gasteiger partial charge on any atom is -0.290 e. The zero-order valence-electron chi connectivity index (χ0n) is 9.82. The van der Waals surface area contributed by atoms with Gasteiger partial charge in [-0.15, -0.1) is 0 Å². The number of fused-ring (bicyclic) bond motifs is 2. The van der Waals surface area contributed by atoms with Gasteiger partial charge in [0, 0.05) is 18.3 Å². The Hall–Kier alpha value is -1.30. The molecule has 2 unspecified atom stereocenters. The summed E-state index contributed by atoms with van der Waals surface area (Å²) in [6, 6.07) is 1.66. The van der Waals surface area contributed by atoms with Crippen LogP contribution in [0, 0.1) is 5.92 Å². The monoisotopic (exact) mass is 266 g/mol. The molecule has 5 nitrogen and oxygen atoms in total. The summed E-state index contributed by atoms with van der Waals surface area (Å²) in [4.78, 5) is 20.1. The maximum absolute atomic E-state index is 12.2. The second-order valence-corrected chi connectivity index (χ2v) is 7.53. The molecule has 3 heterocycles. The van der Waals surface area contributed by atoms with Gasteiger partial charge in [-0.1, -0.05) is 0 Å². The molecule has 2 aliphatic heterocycles. The number of hydrogen-bond acceptors (Lipinski definition) is 5. The molecule has 0 N–H and O–H groups in total. The second kappa shape index (κ2) is 4.12. The summed E-state index contributed by atoms with van der Waals surface area (Å²) >= 11 is 0. The maximum Gasteiger partial charge on any atom is 0.203 e. The molecule has 0 saturated carbocycles. The van der Waals surface area contributed by atoms with E-state index in [0.29, 0.717) is 25.7 Å². The number of hydrogen-bond donors (Lipinski definition) is 0. The zero-order valence-corrected chi connectivity index (χ0v) is 10.6. The van der Waals surface area contributed by atoms with Gasteiger partial charge in [0.05, 0.1) is 10.5 Å². The fourth-order valence-electron chi connectivity index (χ4n) is 3.03. The summed E-state index contributed by atoms with van der Waals surface area (Å²) in [5, 5.41) is -0.650. The van der Waals surface area contributed by atoms with Crippen molar-refractivity contribution < 1.29 is 13.2 Å². The average Bonchev–Trinajstić information content (AvgIpc) is 2.59. The Morgan fingerprint density at radius 1 is 1.11 bits per heavy atom. The number of rotatable bonds is 2. The number of ketones is 1. The highest BCUT2D eigenvalue weighted by atomic mass is 32.2. The van der Waals surface area contributed by atoms with Crippen LogP contribution >= 0.6 is 0 Å². The van der Waals surface area contributed by atoms with Crippen LogP contribution in [0.5, 0.6) is 0 Å². The van der Waals surface area contributed by atoms with Crippen molar-refractivity contribution in [3.05, 3.63) is 24.3 Å². The van der Waals surface area contributed by atoms with Gasteiger partial charge in [-0.05, 0) is 31.7 Å². The molecular weight excluding hydrogens is 252 g/mol. The highest BCUT2D eigenvalue weighted by Gasteiger charge is 2.48. The van der Waals surface area contributed by atoms with Gasteiger partial charge in [-0.3, -0.25) is 4.79 Å². The molecule has 2 aliphatic rings. The predicted octanol–water partition coefficient (Wildman–Crippen LogP) is 1.02. The van der Waals surface area contributed by atoms with Crippen molar-refractivity contribution in [1.29, 1.82) is 0 Å². The molecular formula is C12H14N2O3S. The molecule has 3 rings (SSSR count). The van der Waals surface area contributed by atoms with Crippen LogP contribution in [-0.4, -0.2) is 34.7 Å². The lowest BCUT2D eigenvalue weighted by molar-refractivity contribution is 0.0894. The van der Waals surface area contributed by atoms with E-state index >= 15 is 0 Å². The van der Waals surface area contributed by atoms with Crippen molar-refractivity contribution in [2.75, 3.05) is 0 Å². The second-order valence-electron chi connectivity index (χ2n) is 5.02. The summed E-state index contributed by atoms with van der Waals surface area (Å²) in [6.07, 6.45) is 5.35. The fraction of sp³-hybridized carbons (Fsp3) is 0.583. The van der Waals surface area contributed by atoms with Crippen molar-refractivity contribution in [1.82, 2.24) is 9.97 Å². The van der Waals surface area contributed by atoms with E-state index in [1.54, 1.807) is 6.07 Å². The third kappa shape index (κ3) is 1.75. The van der Waals surface area contributed by atoms with E-state index in [9.17, 15) is 13.2 Å². The molecule has 18 heavy (non-hydrogen) atoms. The van der Waals surface area contributed by atoms with E-state index in [4.69, 9.17) is 0 Å². The third-order valence-electron chi connectivity index (χ3n) is 3.99. The molecule has 2 fully saturated rings. The SMILES string of the molecule is O=C(c1ncccn1)C1CC2CCC(C1)S2(=O)=O. The van der Waals surface area contributed by atoms with Crippen molar-refractivity contribution in [2.24, 2.45) is 5.92 Å². The van der Waals surface area contributed by atoms with E-state index in [1.165, 1.54) is 12.4 Å². The first-order valence-electron chi connectivity index (χ1n) is 6.13. The Balaban J connectivity index is 1.83. The highest BCUT2D eigenvalue weighted by molar-refractivity contribution is 7.93. The summed E-state index contributed by atoms with van der Waals surface area (Å²) in [6.45, 7) is 0. The molecule has 0 amide bonds. The van der Waals surface area contributed by atoms with Gasteiger partial charge in [0.2, 0.25) is 5.78 Å². The van der Waals surface area contributed by atoms with Gasteiger partial charge in [-0.25, -0.2) is 18.4 Å². The Bertz CT molecular complexity index is 550. The minimum atomic E-state index is -2.97. The number of aromatic nitrogens is 2. The molecule has 2 saturated heterocycles. The Kier molecular flexibility index (Phi) is 2.69. The largest absolute Gasteiger partial charge is 0.290 e. The van der Waals surface area contributed by atoms with Gasteiger partial charge in [0.15, 0.2) is 15.7 Å². The fourth-order valence-corrected chi connectivity index (χ4v) is 5.50. The minimum absolute atomic E-state index is 0.109. The Labute approximate surface area is 106 Å². The molecule has 6 heteroatoms. The summed E-state index contributed by atoms with van der Waals surface area (Å²) in [7, 11) is -2.97. The van der Waals surface area contributed by atoms with E-state index in [0.717, 1.165) is 0 Å². The molecule has 2 bridgehead atoms. The number of sulfone groups is 1. The smallest absolute Gasteiger partial charge is 0.203 e. The predicted molar refractivity (Wildman–Crippen MR) is 64.8 cm³/mol. The molecule has 0 spiro atoms. The van der Waals surface area contributed by atoms with Crippen LogP contribution in [0.2, 0.25) is 0 Å². The standard InChI is InChI=1S/C12H14N2O3S/c15-11(12-13-4-1-5-14-12)8-6-9-2-3-10(7-8)18(9,16)17/h1,4-5,8-10H,2-3,6-7H2. The first kappa shape index (κ1) is 11.8. The topological polar surface area (TPSA) is 77.0 Å². The van der Waals surface area contributed by atoms with E-state index in [1.807, 2.05) is 0 Å². The van der Waals surface area contributed by atoms with Gasteiger partial charge in [0.1, 0.15) is 0 Å². The number of carbonyl (C=O) groups is 1. The molecule has 0 aliphatic carbocycles. The Morgan fingerprint density at radius 2 is 1.67 bits per heavy atom. The first-order chi connectivity index (χ1) is 8.59. The first-order valence-corrected chi connectivity index (χ1v) is 7.74. The maximum atomic E-state index is 12.2. The summed E-state index contributed by atoms with van der Waals surface area (Å²) < 4.78 is 23.9. The van der Waals surface area contributed by atoms with E-state index in [2.05, 4.69) is 9.97 Å². The lowest BCUT2D eigenvalue weighted by Crippen LogP contribution is -2.36. The number of carbonyl (C=O) groups excluding carboxylic acids is 1. The molecule has 1 aromatic heterocycles. The number of nitrogens with zero attached hydrogens (tertiary/aromatic N) is 2. The zero-order chi connectivity index (χ0) is 12.8. The van der Waals surface area contributed by atoms with Crippen LogP contribution in [0.15, 0.2) is 18.5 Å². The van der Waals surface area contributed by atoms with Crippen LogP contribution in [0.1, 0.15) is 36.3 Å². The Morgan fingerprint density at radius 3 is 2.22 bits per heavy atom. The molecule has 0 radical (unpaired) electrons. The lowest BCUT2D eigenvalue weighted by Gasteiger charge is -2.26. The third-order valence-corrected chi connectivity index (χ3v) is 6.71. The van der Waals surface area contributed by atoms with Crippen LogP contribution in [0.3, 0.4) is 0 Å². The van der Waals surface area contributed by atoms with Crippen molar-refractivity contribution in [2.45, 2.75) is 36.2 Å². The summed E-state index contributed by atoms with van der Waals surface area (Å²) in [5.41, 5.74) is 0. The van der Waals surface area contributed by atoms with Gasteiger partial charge in [-0.2, -0.15) is 0 Å². The van der Waals surface area contributed by atoms with Crippen LogP contribution in [0.25, 0.3) is 0 Å². The average molecular weight is 266 g/mol. The van der Waals surface area contributed by atoms with E-state index < -0.39 is 9.84 Å². The van der Waals surface area contributed by atoms with Gasteiger partial charge < -0.3 is 0 Å². The quantitative estimate of drug-likeness (QED) is 0.747. The normalized spacial score (nSPS) is 33.2.